The first-order valence-corrected chi connectivity index (χ1v) is 23.4. The largest absolute Gasteiger partial charge is 0.474 e. The van der Waals surface area contributed by atoms with Crippen LogP contribution in [0.25, 0.3) is 38.5 Å². The van der Waals surface area contributed by atoms with Crippen LogP contribution in [0, 0.1) is 17.8 Å². The van der Waals surface area contributed by atoms with Crippen LogP contribution in [0.15, 0.2) is 128 Å². The van der Waals surface area contributed by atoms with Crippen molar-refractivity contribution in [3.05, 3.63) is 139 Å². The maximum Gasteiger partial charge on any atom is 0.213 e. The summed E-state index contributed by atoms with van der Waals surface area (Å²) in [5, 5.41) is 2.39. The number of Topliss-reactive ketones (excluding diaryl/α,β-unsaturated/α-hetero) is 1. The first kappa shape index (κ1) is 47.9. The molecular weight excluding hydrogens is 817 g/mol. The Labute approximate surface area is 394 Å². The molecule has 1 atom stereocenters. The zero-order valence-corrected chi connectivity index (χ0v) is 38.7. The van der Waals surface area contributed by atoms with Gasteiger partial charge in [0.05, 0.1) is 5.52 Å². The molecule has 0 radical (unpaired) electrons. The smallest absolute Gasteiger partial charge is 0.213 e. The van der Waals surface area contributed by atoms with Crippen molar-refractivity contribution in [2.45, 2.75) is 72.3 Å². The number of allylic oxidation sites excluding steroid dienone is 4. The fourth-order valence-electron chi connectivity index (χ4n) is 10.2. The number of ketones is 2. The molecule has 3 fully saturated rings. The molecule has 5 aromatic rings. The lowest BCUT2D eigenvalue weighted by Crippen LogP contribution is -2.47. The molecule has 9 heteroatoms. The predicted molar refractivity (Wildman–Crippen MR) is 274 cm³/mol. The standard InChI is InChI=1S/C56H64N6O3.CH4.H2/c1-8-38(4)48(17-14-46(63)10-3)40(6)56(64)50-16-13-45(34-51(50)39(5)9-2)62-29-27-60(28-30-62)24-20-41-21-25-61(26-22-41)37-42-31-47(32-42)65-55-18-12-44(35-58-55)43-11-15-49-52-36-57-23-19-53(52)59(7)54(49)33-43;;/h10-13,15-16,18-19,23,33-36,41-42,47-48H,1-3,6,14,17,20-22,24-32,37H2,4-5,7H3;1H4;1H. The first-order chi connectivity index (χ1) is 31.5. The van der Waals surface area contributed by atoms with Crippen molar-refractivity contribution in [1.82, 2.24) is 24.3 Å². The summed E-state index contributed by atoms with van der Waals surface area (Å²) in [4.78, 5) is 42.8. The lowest BCUT2D eigenvalue weighted by molar-refractivity contribution is -0.114. The van der Waals surface area contributed by atoms with E-state index in [0.717, 1.165) is 85.0 Å². The monoisotopic (exact) mass is 887 g/mol. The minimum absolute atomic E-state index is 0. The van der Waals surface area contributed by atoms with Crippen molar-refractivity contribution in [3.63, 3.8) is 0 Å². The molecule has 0 amide bonds. The Hall–Kier alpha value is -6.08. The number of benzene rings is 2. The van der Waals surface area contributed by atoms with Gasteiger partial charge in [0.15, 0.2) is 11.6 Å². The van der Waals surface area contributed by atoms with Gasteiger partial charge in [-0.15, -0.1) is 11.5 Å². The number of piperidine rings is 1. The van der Waals surface area contributed by atoms with Crippen LogP contribution in [-0.2, 0) is 11.8 Å². The van der Waals surface area contributed by atoms with Crippen LogP contribution in [0.4, 0.5) is 5.69 Å². The van der Waals surface area contributed by atoms with Crippen molar-refractivity contribution in [2.75, 3.05) is 57.3 Å². The predicted octanol–water partition coefficient (Wildman–Crippen LogP) is 11.6. The van der Waals surface area contributed by atoms with Gasteiger partial charge in [0, 0.05) is 117 Å². The lowest BCUT2D eigenvalue weighted by Gasteiger charge is -2.41. The molecule has 2 aliphatic heterocycles. The number of anilines is 1. The van der Waals surface area contributed by atoms with Gasteiger partial charge in [0.25, 0.3) is 0 Å². The number of likely N-dealkylation sites (tertiary alicyclic amines) is 1. The Morgan fingerprint density at radius 1 is 0.864 bits per heavy atom. The van der Waals surface area contributed by atoms with Crippen LogP contribution < -0.4 is 9.64 Å². The molecule has 3 aromatic heterocycles. The molecule has 66 heavy (non-hydrogen) atoms. The Morgan fingerprint density at radius 3 is 2.32 bits per heavy atom. The highest BCUT2D eigenvalue weighted by Crippen LogP contribution is 2.36. The average molecular weight is 887 g/mol. The van der Waals surface area contributed by atoms with Gasteiger partial charge in [0.1, 0.15) is 6.10 Å². The Kier molecular flexibility index (Phi) is 15.6. The van der Waals surface area contributed by atoms with Crippen LogP contribution in [-0.4, -0.2) is 94.4 Å². The van der Waals surface area contributed by atoms with Crippen LogP contribution in [0.1, 0.15) is 83.6 Å². The summed E-state index contributed by atoms with van der Waals surface area (Å²) in [5.41, 5.74) is 15.1. The molecule has 2 saturated heterocycles. The van der Waals surface area contributed by atoms with E-state index in [9.17, 15) is 9.59 Å². The van der Waals surface area contributed by atoms with E-state index in [1.54, 1.807) is 0 Å². The molecule has 8 rings (SSSR count). The number of aromatic nitrogens is 3. The molecule has 0 spiro atoms. The van der Waals surface area contributed by atoms with Gasteiger partial charge in [-0.05, 0) is 149 Å². The van der Waals surface area contributed by atoms with Gasteiger partial charge < -0.3 is 19.1 Å². The number of nitrogens with zero attached hydrogens (tertiary/aromatic N) is 6. The quantitative estimate of drug-likeness (QED) is 0.0489. The minimum Gasteiger partial charge on any atom is -0.474 e. The zero-order chi connectivity index (χ0) is 45.6. The van der Waals surface area contributed by atoms with Gasteiger partial charge >= 0.3 is 0 Å². The van der Waals surface area contributed by atoms with Gasteiger partial charge in [-0.3, -0.25) is 19.5 Å². The number of pyridine rings is 2. The van der Waals surface area contributed by atoms with Crippen LogP contribution in [0.5, 0.6) is 5.88 Å². The van der Waals surface area contributed by atoms with E-state index < -0.39 is 0 Å². The number of piperazine rings is 1. The summed E-state index contributed by atoms with van der Waals surface area (Å²) < 4.78 is 8.55. The second-order valence-electron chi connectivity index (χ2n) is 18.5. The summed E-state index contributed by atoms with van der Waals surface area (Å²) in [6, 6.07) is 18.9. The highest BCUT2D eigenvalue weighted by Gasteiger charge is 2.34. The topological polar surface area (TPSA) is 83.8 Å². The maximum atomic E-state index is 14.0. The third-order valence-corrected chi connectivity index (χ3v) is 14.5. The number of carbonyl (C=O) groups excluding carboxylic acids is 2. The van der Waals surface area contributed by atoms with Gasteiger partial charge in [-0.2, -0.15) is 0 Å². The maximum absolute atomic E-state index is 14.0. The number of hydrogen-bond donors (Lipinski definition) is 0. The van der Waals surface area contributed by atoms with E-state index in [1.807, 2.05) is 44.6 Å². The molecule has 1 unspecified atom stereocenters. The molecular formula is C57H70N6O3. The highest BCUT2D eigenvalue weighted by atomic mass is 16.5. The van der Waals surface area contributed by atoms with Crippen molar-refractivity contribution in [3.8, 4) is 17.0 Å². The van der Waals surface area contributed by atoms with E-state index >= 15 is 0 Å². The number of fused-ring (bicyclic) bond motifs is 3. The second-order valence-corrected chi connectivity index (χ2v) is 18.5. The summed E-state index contributed by atoms with van der Waals surface area (Å²) >= 11 is 0. The van der Waals surface area contributed by atoms with Crippen molar-refractivity contribution in [1.29, 1.82) is 0 Å². The number of rotatable bonds is 18. The number of ether oxygens (including phenoxy) is 1. The summed E-state index contributed by atoms with van der Waals surface area (Å²) in [7, 11) is 2.11. The molecule has 3 aliphatic rings. The number of hydrogen-bond acceptors (Lipinski definition) is 8. The number of carbonyl (C=O) groups is 2. The summed E-state index contributed by atoms with van der Waals surface area (Å²) in [6.45, 7) is 27.9. The van der Waals surface area contributed by atoms with Crippen molar-refractivity contribution >= 4 is 44.6 Å². The summed E-state index contributed by atoms with van der Waals surface area (Å²) in [5.74, 6) is 1.65. The van der Waals surface area contributed by atoms with E-state index in [0.29, 0.717) is 29.4 Å². The molecule has 9 nitrogen and oxygen atoms in total. The molecule has 346 valence electrons. The fraction of sp³-hybridized carbons (Fsp3) is 0.404. The minimum atomic E-state index is -0.329. The normalized spacial score (nSPS) is 18.4. The fourth-order valence-corrected chi connectivity index (χ4v) is 10.2. The highest BCUT2D eigenvalue weighted by molar-refractivity contribution is 6.12. The van der Waals surface area contributed by atoms with Crippen molar-refractivity contribution < 1.29 is 15.8 Å². The van der Waals surface area contributed by atoms with Gasteiger partial charge in [-0.25, -0.2) is 4.98 Å². The van der Waals surface area contributed by atoms with E-state index in [-0.39, 0.29) is 38.9 Å². The summed E-state index contributed by atoms with van der Waals surface area (Å²) in [6.07, 6.45) is 14.0. The molecule has 0 bridgehead atoms. The van der Waals surface area contributed by atoms with E-state index in [4.69, 9.17) is 9.72 Å². The van der Waals surface area contributed by atoms with Crippen molar-refractivity contribution in [2.24, 2.45) is 24.8 Å². The van der Waals surface area contributed by atoms with Gasteiger partial charge in [0.2, 0.25) is 5.88 Å². The first-order valence-electron chi connectivity index (χ1n) is 23.4. The van der Waals surface area contributed by atoms with E-state index in [1.165, 1.54) is 66.8 Å². The Morgan fingerprint density at radius 2 is 1.62 bits per heavy atom. The lowest BCUT2D eigenvalue weighted by atomic mass is 9.81. The van der Waals surface area contributed by atoms with E-state index in [2.05, 4.69) is 112 Å². The Bertz CT molecular complexity index is 2680. The third-order valence-electron chi connectivity index (χ3n) is 14.5. The second kappa shape index (κ2) is 21.5. The van der Waals surface area contributed by atoms with Gasteiger partial charge in [-0.1, -0.05) is 45.9 Å². The number of aryl methyl sites for hydroxylation is 1. The van der Waals surface area contributed by atoms with Crippen LogP contribution >= 0.6 is 0 Å². The molecule has 5 heterocycles. The SMILES string of the molecule is C.C=C=C(C)c1cc(N2CCN(CCC3CCN(CC4CC(Oc5ccc(-c6ccc7c8cnccc8n(C)c7c6)cn5)C4)CC3)CC2)ccc1C(=O)C(=C)C(CCC(=O)C=C)C(C)=C=C.[HH]. The van der Waals surface area contributed by atoms with Crippen LogP contribution in [0.2, 0.25) is 0 Å². The molecule has 1 aliphatic carbocycles. The zero-order valence-electron chi connectivity index (χ0n) is 38.7. The third kappa shape index (κ3) is 10.6. The van der Waals surface area contributed by atoms with Crippen LogP contribution in [0.3, 0.4) is 0 Å². The average Bonchev–Trinajstić information content (AvgIpc) is 3.62. The molecule has 1 saturated carbocycles. The molecule has 0 N–H and O–H groups in total. The Balaban J connectivity index is 0.00000370. The molecule has 2 aromatic carbocycles.